The number of anilines is 1. The Balaban J connectivity index is 0.000000128. The Bertz CT molecular complexity index is 6380. The molecule has 27 heteroatoms. The lowest BCUT2D eigenvalue weighted by atomic mass is 10.0. The summed E-state index contributed by atoms with van der Waals surface area (Å²) in [6.07, 6.45) is 0.154. The topological polar surface area (TPSA) is 326 Å². The fourth-order valence-electron chi connectivity index (χ4n) is 13.4. The van der Waals surface area contributed by atoms with Crippen LogP contribution in [0.2, 0.25) is 0 Å². The van der Waals surface area contributed by atoms with Gasteiger partial charge in [0.2, 0.25) is 26.0 Å². The molecule has 2 aliphatic heterocycles. The summed E-state index contributed by atoms with van der Waals surface area (Å²) in [7, 11) is -5.38. The van der Waals surface area contributed by atoms with E-state index in [0.717, 1.165) is 67.7 Å². The molecule has 16 rings (SSSR count). The maximum Gasteiger partial charge on any atom is 0.326 e. The van der Waals surface area contributed by atoms with Gasteiger partial charge in [-0.3, -0.25) is 33.7 Å². The summed E-state index contributed by atoms with van der Waals surface area (Å²) in [4.78, 5) is 100. The van der Waals surface area contributed by atoms with Crippen molar-refractivity contribution in [3.63, 3.8) is 0 Å². The summed E-state index contributed by atoms with van der Waals surface area (Å²) in [5.74, 6) is -2.73. The lowest BCUT2D eigenvalue weighted by molar-refractivity contribution is -0.139. The van der Waals surface area contributed by atoms with E-state index in [1.165, 1.54) is 71.9 Å². The van der Waals surface area contributed by atoms with E-state index in [-0.39, 0.29) is 56.1 Å². The van der Waals surface area contributed by atoms with Crippen molar-refractivity contribution in [1.29, 1.82) is 0 Å². The standard InChI is InChI=1S/C27H20N2O4.C19H20FN3O4S.C18H18FN3O3S.C16H14N2O2/c30-25(19-11-12-21-20-7-3-4-8-22(20)26(31)28-23(21)15-19)29-24(27(32)33)14-16-9-10-17-5-1-2-6-18(17)13-16;20-13-1-3-15-16-4-2-14(12-18(16)22-19(24)17(15)11-13)28(25,26)21-5-6-23-7-9-27-10-8-23;1-21-6-8-22(9-7-21)26(24,25)13-3-5-15-14-4-2-12(19)10-16(14)18(23)20-17(15)11-13;1-9-7-15-13(8-14(9)17-10(2)19)11-5-3-4-6-12(11)16(20)18-15/h1-13,15,24H,14H2,(H,28,31)(H,29,30)(H,32,33);1-4,11-12,21H,5-10H2,(H,22,24);2-5,10-11H,6-9H2,1H3,(H,20,23);3-8H,1-2H3,(H,17,19)(H,18,20). The highest BCUT2D eigenvalue weighted by Crippen LogP contribution is 2.31. The van der Waals surface area contributed by atoms with Crippen molar-refractivity contribution < 1.29 is 49.8 Å². The number of likely N-dealkylation sites (N-methyl/N-ethyl adjacent to an activating group) is 1. The number of benzene rings is 10. The van der Waals surface area contributed by atoms with Crippen LogP contribution in [0.3, 0.4) is 0 Å². The highest BCUT2D eigenvalue weighted by atomic mass is 32.2. The zero-order valence-electron chi connectivity index (χ0n) is 58.1. The predicted molar refractivity (Wildman–Crippen MR) is 413 cm³/mol. The highest BCUT2D eigenvalue weighted by molar-refractivity contribution is 7.89. The van der Waals surface area contributed by atoms with Crippen molar-refractivity contribution in [3.8, 4) is 0 Å². The number of aryl methyl sites for hydroxylation is 1. The van der Waals surface area contributed by atoms with Gasteiger partial charge in [0, 0.05) is 120 Å². The molecule has 23 nitrogen and oxygen atoms in total. The van der Waals surface area contributed by atoms with Crippen LogP contribution >= 0.6 is 0 Å². The fraction of sp³-hybridized carbons (Fsp3) is 0.188. The monoisotopic (exact) mass is 1480 g/mol. The maximum atomic E-state index is 13.4. The molecule has 4 aromatic heterocycles. The molecule has 546 valence electrons. The van der Waals surface area contributed by atoms with E-state index >= 15 is 0 Å². The molecule has 0 aliphatic carbocycles. The minimum absolute atomic E-state index is 0.0686. The first-order chi connectivity index (χ1) is 51.3. The Morgan fingerprint density at radius 1 is 0.514 bits per heavy atom. The third kappa shape index (κ3) is 16.3. The van der Waals surface area contributed by atoms with Crippen LogP contribution in [0.15, 0.2) is 223 Å². The number of rotatable bonds is 13. The summed E-state index contributed by atoms with van der Waals surface area (Å²) < 4.78 is 87.2. The van der Waals surface area contributed by atoms with Crippen LogP contribution in [0.25, 0.3) is 97.5 Å². The second kappa shape index (κ2) is 31.2. The van der Waals surface area contributed by atoms with E-state index in [4.69, 9.17) is 4.74 Å². The molecule has 107 heavy (non-hydrogen) atoms. The van der Waals surface area contributed by atoms with Gasteiger partial charge in [0.05, 0.1) is 44.8 Å². The minimum Gasteiger partial charge on any atom is -0.480 e. The van der Waals surface area contributed by atoms with Crippen LogP contribution in [0.1, 0.15) is 28.4 Å². The number of pyridine rings is 4. The SMILES string of the molecule is CC(=O)Nc1cc2c(cc1C)[nH]c(=O)c1ccccc12.CN1CCN(S(=O)(=O)c2ccc3c(c2)[nH]c(=O)c2cc(F)ccc23)CC1.O=C(NC(Cc1ccc2ccccc2c1)C(=O)O)c1ccc2c(c1)[nH]c(=O)c1ccccc12.O=c1[nH]c2cc(S(=O)(=O)NCCN3CCOCC3)ccc2c2ccc(F)cc12. The minimum atomic E-state index is -3.72. The highest BCUT2D eigenvalue weighted by Gasteiger charge is 2.29. The average molecular weight is 1480 g/mol. The van der Waals surface area contributed by atoms with Crippen LogP contribution in [0.4, 0.5) is 14.5 Å². The Morgan fingerprint density at radius 3 is 1.58 bits per heavy atom. The van der Waals surface area contributed by atoms with Gasteiger partial charge in [-0.1, -0.05) is 109 Å². The molecule has 14 aromatic rings. The quantitative estimate of drug-likeness (QED) is 0.0498. The summed E-state index contributed by atoms with van der Waals surface area (Å²) in [6, 6.07) is 53.2. The van der Waals surface area contributed by atoms with E-state index in [9.17, 15) is 64.3 Å². The van der Waals surface area contributed by atoms with Crippen LogP contribution in [-0.2, 0) is 40.8 Å². The number of H-pyrrole nitrogens is 4. The van der Waals surface area contributed by atoms with Crippen molar-refractivity contribution in [2.24, 2.45) is 0 Å². The Labute approximate surface area is 609 Å². The van der Waals surface area contributed by atoms with Gasteiger partial charge < -0.3 is 45.3 Å². The first-order valence-corrected chi connectivity index (χ1v) is 37.2. The number of morpholine rings is 1. The number of aliphatic carboxylic acids is 1. The number of carbonyl (C=O) groups excluding carboxylic acids is 2. The number of fused-ring (bicyclic) bond motifs is 13. The van der Waals surface area contributed by atoms with Crippen molar-refractivity contribution in [1.82, 2.24) is 44.1 Å². The third-order valence-corrected chi connectivity index (χ3v) is 22.3. The third-order valence-electron chi connectivity index (χ3n) is 19.0. The largest absolute Gasteiger partial charge is 0.480 e. The molecular weight excluding hydrogens is 1410 g/mol. The molecule has 8 N–H and O–H groups in total. The van der Waals surface area contributed by atoms with Crippen LogP contribution in [0.5, 0.6) is 0 Å². The molecule has 2 saturated heterocycles. The van der Waals surface area contributed by atoms with Crippen molar-refractivity contribution in [2.75, 3.05) is 77.9 Å². The Morgan fingerprint density at radius 2 is 1.00 bits per heavy atom. The molecule has 6 heterocycles. The molecular formula is C80H72F2N10O13S2. The predicted octanol–water partition coefficient (Wildman–Crippen LogP) is 10.4. The van der Waals surface area contributed by atoms with E-state index in [1.807, 2.05) is 98.9 Å². The number of piperazine rings is 1. The molecule has 0 spiro atoms. The molecule has 0 radical (unpaired) electrons. The fourth-order valence-corrected chi connectivity index (χ4v) is 15.9. The van der Waals surface area contributed by atoms with Gasteiger partial charge in [-0.15, -0.1) is 0 Å². The number of ether oxygens (including phenoxy) is 1. The zero-order chi connectivity index (χ0) is 75.4. The van der Waals surface area contributed by atoms with Gasteiger partial charge in [-0.25, -0.2) is 35.1 Å². The summed E-state index contributed by atoms with van der Waals surface area (Å²) in [5.41, 5.74) is 3.64. The Kier molecular flexibility index (Phi) is 21.4. The number of carboxylic acid groups (broad SMARTS) is 1. The molecule has 10 aromatic carbocycles. The van der Waals surface area contributed by atoms with E-state index in [0.29, 0.717) is 94.8 Å². The number of carbonyl (C=O) groups is 3. The second-order valence-corrected chi connectivity index (χ2v) is 29.9. The number of nitrogens with one attached hydrogen (secondary N) is 7. The van der Waals surface area contributed by atoms with Crippen LogP contribution < -0.4 is 37.6 Å². The first-order valence-electron chi connectivity index (χ1n) is 34.2. The smallest absolute Gasteiger partial charge is 0.326 e. The second-order valence-electron chi connectivity index (χ2n) is 26.2. The van der Waals surface area contributed by atoms with Gasteiger partial charge in [0.25, 0.3) is 28.1 Å². The first kappa shape index (κ1) is 73.6. The summed E-state index contributed by atoms with van der Waals surface area (Å²) >= 11 is 0. The van der Waals surface area contributed by atoms with Gasteiger partial charge in [-0.05, 0) is 142 Å². The molecule has 2 fully saturated rings. The van der Waals surface area contributed by atoms with E-state index < -0.39 is 60.7 Å². The normalized spacial score (nSPS) is 14.1. The van der Waals surface area contributed by atoms with Crippen LogP contribution in [-0.4, -0.2) is 152 Å². The molecule has 1 atom stereocenters. The van der Waals surface area contributed by atoms with Crippen molar-refractivity contribution >= 4 is 141 Å². The molecule has 0 saturated carbocycles. The van der Waals surface area contributed by atoms with Gasteiger partial charge in [0.15, 0.2) is 0 Å². The van der Waals surface area contributed by atoms with Crippen LogP contribution in [0, 0.1) is 18.6 Å². The number of hydrogen-bond acceptors (Lipinski definition) is 14. The lowest BCUT2D eigenvalue weighted by Gasteiger charge is -2.31. The molecule has 0 bridgehead atoms. The molecule has 1 unspecified atom stereocenters. The van der Waals surface area contributed by atoms with E-state index in [1.54, 1.807) is 48.5 Å². The number of sulfonamides is 2. The molecule has 2 aliphatic rings. The average Bonchev–Trinajstić information content (AvgIpc) is 0.770. The number of carboxylic acids is 1. The number of hydrogen-bond donors (Lipinski definition) is 8. The van der Waals surface area contributed by atoms with Gasteiger partial charge in [0.1, 0.15) is 17.7 Å². The summed E-state index contributed by atoms with van der Waals surface area (Å²) in [5, 5.41) is 24.8. The van der Waals surface area contributed by atoms with Crippen molar-refractivity contribution in [2.45, 2.75) is 36.1 Å². The van der Waals surface area contributed by atoms with E-state index in [2.05, 4.69) is 45.1 Å². The van der Waals surface area contributed by atoms with Crippen molar-refractivity contribution in [3.05, 3.63) is 264 Å². The van der Waals surface area contributed by atoms with Gasteiger partial charge >= 0.3 is 5.97 Å². The number of nitrogens with zero attached hydrogens (tertiary/aromatic N) is 3. The number of aromatic amines is 4. The maximum absolute atomic E-state index is 13.4. The molecule has 2 amide bonds. The summed E-state index contributed by atoms with van der Waals surface area (Å²) in [6.45, 7) is 9.38. The number of aromatic nitrogens is 4. The number of amides is 2. The zero-order valence-corrected chi connectivity index (χ0v) is 59.7. The number of halogens is 2. The Hall–Kier alpha value is -11.7. The lowest BCUT2D eigenvalue weighted by Crippen LogP contribution is -2.47. The van der Waals surface area contributed by atoms with Gasteiger partial charge in [-0.2, -0.15) is 4.31 Å².